The molecule has 0 aromatic rings. The first-order valence-corrected chi connectivity index (χ1v) is 7.44. The minimum absolute atomic E-state index is 0.426. The summed E-state index contributed by atoms with van der Waals surface area (Å²) in [6.07, 6.45) is 14.2. The van der Waals surface area contributed by atoms with Gasteiger partial charge in [0.25, 0.3) is 0 Å². The van der Waals surface area contributed by atoms with E-state index in [2.05, 4.69) is 19.9 Å². The highest BCUT2D eigenvalue weighted by molar-refractivity contribution is 5.18. The molecule has 1 atom stereocenters. The Morgan fingerprint density at radius 1 is 0.941 bits per heavy atom. The number of aliphatic hydroxyl groups is 1. The molecule has 17 heavy (non-hydrogen) atoms. The van der Waals surface area contributed by atoms with Crippen LogP contribution in [0.25, 0.3) is 0 Å². The number of rotatable bonds is 1. The molecule has 98 valence electrons. The Morgan fingerprint density at radius 3 is 2.59 bits per heavy atom. The van der Waals surface area contributed by atoms with Crippen molar-refractivity contribution in [2.45, 2.75) is 83.7 Å². The van der Waals surface area contributed by atoms with Gasteiger partial charge in [0, 0.05) is 0 Å². The Balaban J connectivity index is 2.09. The summed E-state index contributed by atoms with van der Waals surface area (Å²) in [6.45, 7) is 4.69. The Bertz CT molecular complexity index is 290. The van der Waals surface area contributed by atoms with Gasteiger partial charge in [-0.1, -0.05) is 26.3 Å². The van der Waals surface area contributed by atoms with Crippen LogP contribution in [-0.4, -0.2) is 10.7 Å². The molecule has 0 spiro atoms. The van der Waals surface area contributed by atoms with Crippen molar-refractivity contribution in [2.75, 3.05) is 0 Å². The lowest BCUT2D eigenvalue weighted by molar-refractivity contribution is 0.0554. The predicted molar refractivity (Wildman–Crippen MR) is 73.0 cm³/mol. The van der Waals surface area contributed by atoms with Gasteiger partial charge < -0.3 is 5.11 Å². The fourth-order valence-electron chi connectivity index (χ4n) is 3.41. The largest absolute Gasteiger partial charge is 0.386 e. The molecule has 1 N–H and O–H groups in total. The molecule has 2 aliphatic carbocycles. The van der Waals surface area contributed by atoms with Gasteiger partial charge in [-0.05, 0) is 68.8 Å². The van der Waals surface area contributed by atoms with E-state index in [1.165, 1.54) is 50.5 Å². The number of hydrogen-bond acceptors (Lipinski definition) is 1. The smallest absolute Gasteiger partial charge is 0.0857 e. The summed E-state index contributed by atoms with van der Waals surface area (Å²) in [5.74, 6) is 0. The zero-order chi connectivity index (χ0) is 12.4. The fraction of sp³-hybridized carbons (Fsp3) is 0.875. The van der Waals surface area contributed by atoms with Crippen LogP contribution in [-0.2, 0) is 0 Å². The highest BCUT2D eigenvalue weighted by Gasteiger charge is 2.36. The molecule has 0 aromatic heterocycles. The van der Waals surface area contributed by atoms with Crippen molar-refractivity contribution >= 4 is 0 Å². The van der Waals surface area contributed by atoms with Crippen LogP contribution in [0.2, 0.25) is 0 Å². The molecule has 2 aliphatic rings. The van der Waals surface area contributed by atoms with Crippen LogP contribution < -0.4 is 0 Å². The van der Waals surface area contributed by atoms with Gasteiger partial charge in [-0.2, -0.15) is 0 Å². The zero-order valence-corrected chi connectivity index (χ0v) is 11.6. The average molecular weight is 236 g/mol. The second-order valence-corrected chi connectivity index (χ2v) is 6.88. The van der Waals surface area contributed by atoms with Gasteiger partial charge in [0.05, 0.1) is 5.60 Å². The van der Waals surface area contributed by atoms with Crippen LogP contribution in [0.15, 0.2) is 11.6 Å². The Kier molecular flexibility index (Phi) is 3.97. The summed E-state index contributed by atoms with van der Waals surface area (Å²) < 4.78 is 0. The maximum atomic E-state index is 11.0. The highest BCUT2D eigenvalue weighted by Crippen LogP contribution is 2.42. The summed E-state index contributed by atoms with van der Waals surface area (Å²) in [5.41, 5.74) is 1.33. The molecule has 1 saturated carbocycles. The van der Waals surface area contributed by atoms with E-state index in [0.717, 1.165) is 19.3 Å². The lowest BCUT2D eigenvalue weighted by Crippen LogP contribution is -2.30. The molecule has 0 aromatic carbocycles. The van der Waals surface area contributed by atoms with E-state index < -0.39 is 5.60 Å². The molecule has 0 heterocycles. The topological polar surface area (TPSA) is 20.2 Å². The van der Waals surface area contributed by atoms with Crippen LogP contribution in [0.5, 0.6) is 0 Å². The molecule has 0 amide bonds. The Morgan fingerprint density at radius 2 is 1.76 bits per heavy atom. The number of allylic oxidation sites excluding steroid dienone is 1. The van der Waals surface area contributed by atoms with Gasteiger partial charge in [-0.3, -0.25) is 0 Å². The van der Waals surface area contributed by atoms with E-state index in [1.807, 2.05) is 0 Å². The first kappa shape index (κ1) is 13.1. The van der Waals surface area contributed by atoms with Crippen LogP contribution in [0.3, 0.4) is 0 Å². The van der Waals surface area contributed by atoms with E-state index in [9.17, 15) is 5.11 Å². The Labute approximate surface area is 106 Å². The third-order valence-corrected chi connectivity index (χ3v) is 4.80. The maximum Gasteiger partial charge on any atom is 0.0857 e. The van der Waals surface area contributed by atoms with Crippen LogP contribution >= 0.6 is 0 Å². The van der Waals surface area contributed by atoms with Crippen molar-refractivity contribution in [2.24, 2.45) is 5.41 Å². The van der Waals surface area contributed by atoms with Crippen molar-refractivity contribution in [3.63, 3.8) is 0 Å². The molecule has 0 aliphatic heterocycles. The normalized spacial score (nSPS) is 34.6. The molecule has 2 rings (SSSR count). The van der Waals surface area contributed by atoms with E-state index >= 15 is 0 Å². The van der Waals surface area contributed by atoms with Crippen molar-refractivity contribution in [3.05, 3.63) is 11.6 Å². The summed E-state index contributed by atoms with van der Waals surface area (Å²) in [6, 6.07) is 0. The van der Waals surface area contributed by atoms with Gasteiger partial charge in [0.15, 0.2) is 0 Å². The summed E-state index contributed by atoms with van der Waals surface area (Å²) >= 11 is 0. The van der Waals surface area contributed by atoms with Gasteiger partial charge in [-0.25, -0.2) is 0 Å². The maximum absolute atomic E-state index is 11.0. The first-order valence-electron chi connectivity index (χ1n) is 7.44. The summed E-state index contributed by atoms with van der Waals surface area (Å²) in [5, 5.41) is 11.0. The van der Waals surface area contributed by atoms with E-state index in [4.69, 9.17) is 0 Å². The lowest BCUT2D eigenvalue weighted by Gasteiger charge is -2.30. The second kappa shape index (κ2) is 5.14. The van der Waals surface area contributed by atoms with Gasteiger partial charge in [-0.15, -0.1) is 0 Å². The molecule has 0 bridgehead atoms. The average Bonchev–Trinajstić information content (AvgIpc) is 2.60. The number of hydrogen-bond donors (Lipinski definition) is 1. The van der Waals surface area contributed by atoms with Crippen LogP contribution in [0.4, 0.5) is 0 Å². The first-order chi connectivity index (χ1) is 8.02. The minimum atomic E-state index is -0.460. The highest BCUT2D eigenvalue weighted by atomic mass is 16.3. The molecule has 1 nitrogen and oxygen atoms in total. The molecule has 1 heteroatoms. The lowest BCUT2D eigenvalue weighted by atomic mass is 9.81. The van der Waals surface area contributed by atoms with Crippen molar-refractivity contribution < 1.29 is 5.11 Å². The monoisotopic (exact) mass is 236 g/mol. The van der Waals surface area contributed by atoms with Crippen molar-refractivity contribution in [1.29, 1.82) is 0 Å². The third kappa shape index (κ3) is 3.34. The van der Waals surface area contributed by atoms with Gasteiger partial charge >= 0.3 is 0 Å². The quantitative estimate of drug-likeness (QED) is 0.521. The van der Waals surface area contributed by atoms with Gasteiger partial charge in [0.1, 0.15) is 0 Å². The molecular weight excluding hydrogens is 208 g/mol. The summed E-state index contributed by atoms with van der Waals surface area (Å²) in [4.78, 5) is 0. The standard InChI is InChI=1S/C16H28O/c1-15(2)10-7-11-16(17,13-12-15)14-8-5-3-4-6-9-14/h8,17H,3-7,9-13H2,1-2H3. The zero-order valence-electron chi connectivity index (χ0n) is 11.6. The Hall–Kier alpha value is -0.300. The van der Waals surface area contributed by atoms with E-state index in [-0.39, 0.29) is 0 Å². The van der Waals surface area contributed by atoms with E-state index in [0.29, 0.717) is 5.41 Å². The predicted octanol–water partition coefficient (Wildman–Crippen LogP) is 4.60. The third-order valence-electron chi connectivity index (χ3n) is 4.80. The second-order valence-electron chi connectivity index (χ2n) is 6.88. The molecular formula is C16H28O. The van der Waals surface area contributed by atoms with Crippen LogP contribution in [0, 0.1) is 5.41 Å². The fourth-order valence-corrected chi connectivity index (χ4v) is 3.41. The molecule has 0 saturated heterocycles. The van der Waals surface area contributed by atoms with Gasteiger partial charge in [0.2, 0.25) is 0 Å². The molecule has 1 unspecified atom stereocenters. The van der Waals surface area contributed by atoms with Crippen LogP contribution in [0.1, 0.15) is 78.1 Å². The summed E-state index contributed by atoms with van der Waals surface area (Å²) in [7, 11) is 0. The molecule has 0 radical (unpaired) electrons. The van der Waals surface area contributed by atoms with Crippen molar-refractivity contribution in [1.82, 2.24) is 0 Å². The molecule has 1 fully saturated rings. The van der Waals surface area contributed by atoms with Crippen molar-refractivity contribution in [3.8, 4) is 0 Å². The minimum Gasteiger partial charge on any atom is -0.386 e. The van der Waals surface area contributed by atoms with E-state index in [1.54, 1.807) is 0 Å². The SMILES string of the molecule is CC1(C)CCCC(O)(C2=CCCCCC2)CC1.